The van der Waals surface area contributed by atoms with Crippen molar-refractivity contribution in [2.75, 3.05) is 18.1 Å². The lowest BCUT2D eigenvalue weighted by Gasteiger charge is -2.36. The maximum Gasteiger partial charge on any atom is 0.523 e. The minimum Gasteiger partial charge on any atom is -0.465 e. The first kappa shape index (κ1) is 21.5. The molecule has 10 heteroatoms. The van der Waals surface area contributed by atoms with Gasteiger partial charge in [0.1, 0.15) is 0 Å². The summed E-state index contributed by atoms with van der Waals surface area (Å²) < 4.78 is 70.9. The zero-order chi connectivity index (χ0) is 19.1. The summed E-state index contributed by atoms with van der Waals surface area (Å²) in [4.78, 5) is 11.9. The van der Waals surface area contributed by atoms with Crippen molar-refractivity contribution < 1.29 is 34.7 Å². The van der Waals surface area contributed by atoms with Crippen LogP contribution >= 0.6 is 10.3 Å². The molecule has 1 aromatic rings. The summed E-state index contributed by atoms with van der Waals surface area (Å²) in [5.41, 5.74) is -5.04. The molecule has 0 fully saturated rings. The molecule has 0 amide bonds. The van der Waals surface area contributed by atoms with Crippen LogP contribution in [-0.2, 0) is 29.0 Å². The van der Waals surface area contributed by atoms with Crippen molar-refractivity contribution in [1.29, 1.82) is 0 Å². The van der Waals surface area contributed by atoms with E-state index in [4.69, 9.17) is 4.74 Å². The van der Waals surface area contributed by atoms with Gasteiger partial charge in [-0.2, -0.15) is 21.6 Å². The molecule has 25 heavy (non-hydrogen) atoms. The fourth-order valence-corrected chi connectivity index (χ4v) is 6.50. The highest BCUT2D eigenvalue weighted by atomic mass is 32.3. The van der Waals surface area contributed by atoms with Gasteiger partial charge in [-0.25, -0.2) is 3.63 Å². The quantitative estimate of drug-likeness (QED) is 0.360. The van der Waals surface area contributed by atoms with Gasteiger partial charge in [-0.15, -0.1) is 6.58 Å². The van der Waals surface area contributed by atoms with Crippen molar-refractivity contribution in [3.05, 3.63) is 48.6 Å². The van der Waals surface area contributed by atoms with Crippen molar-refractivity contribution in [2.45, 2.75) is 18.2 Å². The number of hydrogen-bond acceptors (Lipinski definition) is 5. The van der Waals surface area contributed by atoms with Gasteiger partial charge in [0.25, 0.3) is 0 Å². The molecule has 1 unspecified atom stereocenters. The summed E-state index contributed by atoms with van der Waals surface area (Å²) in [6, 6.07) is 8.22. The third-order valence-electron chi connectivity index (χ3n) is 2.90. The Bertz CT molecular complexity index is 689. The first-order valence-corrected chi connectivity index (χ1v) is 10.6. The first-order chi connectivity index (χ1) is 11.6. The standard InChI is InChI=1S/C15H19F3O5S2/c1-3-10-24(12-14(19)22-4-2,11-13-8-6-5-7-9-13)23-25(20,21)15(16,17)18/h3,5-9H,1,4,10-12H2,2H3. The molecule has 5 nitrogen and oxygen atoms in total. The van der Waals surface area contributed by atoms with Gasteiger partial charge in [0.2, 0.25) is 0 Å². The molecule has 1 rings (SSSR count). The lowest BCUT2D eigenvalue weighted by atomic mass is 10.2. The molecule has 1 atom stereocenters. The van der Waals surface area contributed by atoms with Gasteiger partial charge in [0, 0.05) is 11.5 Å². The van der Waals surface area contributed by atoms with Gasteiger partial charge < -0.3 is 4.74 Å². The predicted octanol–water partition coefficient (Wildman–Crippen LogP) is 3.52. The minimum absolute atomic E-state index is 0.0137. The van der Waals surface area contributed by atoms with Crippen LogP contribution in [0.2, 0.25) is 0 Å². The van der Waals surface area contributed by atoms with Crippen LogP contribution in [0.15, 0.2) is 43.0 Å². The number of alkyl halides is 3. The number of carbonyl (C=O) groups excluding carboxylic acids is 1. The molecule has 0 aliphatic heterocycles. The lowest BCUT2D eigenvalue weighted by molar-refractivity contribution is -0.140. The molecule has 0 heterocycles. The van der Waals surface area contributed by atoms with Gasteiger partial charge in [0.15, 0.2) is 0 Å². The molecule has 0 saturated heterocycles. The highest BCUT2D eigenvalue weighted by Crippen LogP contribution is 2.55. The van der Waals surface area contributed by atoms with Crippen molar-refractivity contribution in [3.8, 4) is 0 Å². The monoisotopic (exact) mass is 400 g/mol. The lowest BCUT2D eigenvalue weighted by Crippen LogP contribution is -2.31. The summed E-state index contributed by atoms with van der Waals surface area (Å²) in [6.07, 6.45) is 1.24. The zero-order valence-corrected chi connectivity index (χ0v) is 15.1. The number of hydrogen-bond donors (Lipinski definition) is 0. The topological polar surface area (TPSA) is 69.7 Å². The van der Waals surface area contributed by atoms with Crippen LogP contribution in [0.25, 0.3) is 0 Å². The van der Waals surface area contributed by atoms with E-state index in [0.29, 0.717) is 5.56 Å². The summed E-state index contributed by atoms with van der Waals surface area (Å²) in [7, 11) is -8.94. The average molecular weight is 400 g/mol. The van der Waals surface area contributed by atoms with Crippen molar-refractivity contribution in [1.82, 2.24) is 0 Å². The molecule has 0 saturated carbocycles. The molecule has 0 radical (unpaired) electrons. The van der Waals surface area contributed by atoms with E-state index >= 15 is 0 Å². The first-order valence-electron chi connectivity index (χ1n) is 7.14. The normalized spacial score (nSPS) is 15.8. The zero-order valence-electron chi connectivity index (χ0n) is 13.5. The van der Waals surface area contributed by atoms with Crippen molar-refractivity contribution in [3.63, 3.8) is 0 Å². The minimum atomic E-state index is -5.88. The van der Waals surface area contributed by atoms with Crippen LogP contribution in [0.1, 0.15) is 12.5 Å². The Morgan fingerprint density at radius 3 is 2.32 bits per heavy atom. The summed E-state index contributed by atoms with van der Waals surface area (Å²) in [5, 5.41) is 0. The Labute approximate surface area is 146 Å². The number of benzene rings is 1. The molecule has 0 spiro atoms. The van der Waals surface area contributed by atoms with E-state index in [1.54, 1.807) is 30.3 Å². The molecule has 0 aromatic heterocycles. The Hall–Kier alpha value is -1.52. The molecule has 0 aliphatic carbocycles. The molecule has 0 aliphatic rings. The van der Waals surface area contributed by atoms with E-state index in [-0.39, 0.29) is 18.1 Å². The highest BCUT2D eigenvalue weighted by Gasteiger charge is 2.51. The third-order valence-corrected chi connectivity index (χ3v) is 7.80. The smallest absolute Gasteiger partial charge is 0.465 e. The van der Waals surface area contributed by atoms with E-state index in [9.17, 15) is 26.4 Å². The van der Waals surface area contributed by atoms with Gasteiger partial charge in [-0.3, -0.25) is 4.79 Å². The van der Waals surface area contributed by atoms with Crippen molar-refractivity contribution in [2.24, 2.45) is 0 Å². The summed E-state index contributed by atoms with van der Waals surface area (Å²) >= 11 is 0. The highest BCUT2D eigenvalue weighted by molar-refractivity contribution is 8.33. The molecule has 0 bridgehead atoms. The van der Waals surface area contributed by atoms with E-state index in [1.807, 2.05) is 0 Å². The second-order valence-electron chi connectivity index (χ2n) is 4.97. The van der Waals surface area contributed by atoms with Gasteiger partial charge in [-0.05, 0) is 12.5 Å². The number of ether oxygens (including phenoxy) is 1. The average Bonchev–Trinajstić information content (AvgIpc) is 2.46. The van der Waals surface area contributed by atoms with E-state index < -0.39 is 37.7 Å². The second kappa shape index (κ2) is 8.72. The third kappa shape index (κ3) is 6.37. The van der Waals surface area contributed by atoms with Crippen LogP contribution in [-0.4, -0.2) is 38.0 Å². The van der Waals surface area contributed by atoms with Gasteiger partial charge in [0.05, 0.1) is 12.4 Å². The fraction of sp³-hybridized carbons (Fsp3) is 0.400. The number of rotatable bonds is 9. The SMILES string of the molecule is C=CCS(CC(=O)OCC)(Cc1ccccc1)OS(=O)(=O)C(F)(F)F. The van der Waals surface area contributed by atoms with E-state index in [2.05, 4.69) is 10.2 Å². The Balaban J connectivity index is 3.29. The van der Waals surface area contributed by atoms with Crippen LogP contribution in [0.3, 0.4) is 0 Å². The number of esters is 1. The second-order valence-corrected chi connectivity index (χ2v) is 9.73. The maximum atomic E-state index is 12.8. The number of halogens is 3. The predicted molar refractivity (Wildman–Crippen MR) is 90.4 cm³/mol. The van der Waals surface area contributed by atoms with Crippen molar-refractivity contribution >= 4 is 26.4 Å². The molecule has 0 N–H and O–H groups in total. The van der Waals surface area contributed by atoms with Crippen LogP contribution in [0.5, 0.6) is 0 Å². The largest absolute Gasteiger partial charge is 0.523 e. The Morgan fingerprint density at radius 2 is 1.84 bits per heavy atom. The van der Waals surface area contributed by atoms with Crippen LogP contribution in [0.4, 0.5) is 13.2 Å². The molecule has 142 valence electrons. The Kier molecular flexibility index (Phi) is 7.51. The van der Waals surface area contributed by atoms with Crippen LogP contribution < -0.4 is 0 Å². The molecular formula is C15H19F3O5S2. The number of carbonyl (C=O) groups is 1. The molecule has 1 aromatic carbocycles. The van der Waals surface area contributed by atoms with Crippen LogP contribution in [0, 0.1) is 0 Å². The molecular weight excluding hydrogens is 381 g/mol. The van der Waals surface area contributed by atoms with E-state index in [1.165, 1.54) is 13.0 Å². The van der Waals surface area contributed by atoms with E-state index in [0.717, 1.165) is 0 Å². The Morgan fingerprint density at radius 1 is 1.24 bits per heavy atom. The van der Waals surface area contributed by atoms with Gasteiger partial charge in [-0.1, -0.05) is 46.7 Å². The van der Waals surface area contributed by atoms with Gasteiger partial charge >= 0.3 is 21.6 Å². The summed E-state index contributed by atoms with van der Waals surface area (Å²) in [5.74, 6) is -1.78. The fourth-order valence-electron chi connectivity index (χ4n) is 1.98. The maximum absolute atomic E-state index is 12.8. The summed E-state index contributed by atoms with van der Waals surface area (Å²) in [6.45, 7) is 4.99.